The Balaban J connectivity index is 0.00000136. The first-order valence-electron chi connectivity index (χ1n) is 38.4. The van der Waals surface area contributed by atoms with Crippen LogP contribution < -0.4 is 19.5 Å². The first kappa shape index (κ1) is 112. The number of para-hydroxylation sites is 4. The van der Waals surface area contributed by atoms with Crippen LogP contribution in [-0.4, -0.2) is 97.4 Å². The topological polar surface area (TPSA) is 289 Å². The summed E-state index contributed by atoms with van der Waals surface area (Å²) in [5, 5.41) is 21.9. The van der Waals surface area contributed by atoms with Crippen LogP contribution >= 0.6 is 0 Å². The lowest BCUT2D eigenvalue weighted by Gasteiger charge is -2.24. The summed E-state index contributed by atoms with van der Waals surface area (Å²) in [4.78, 5) is 23.6. The Morgan fingerprint density at radius 1 is 0.512 bits per heavy atom. The van der Waals surface area contributed by atoms with Gasteiger partial charge in [-0.1, -0.05) is 302 Å². The average molecular weight is 1770 g/mol. The number of ether oxygens (including phenoxy) is 1. The fraction of sp³-hybridized carbons (Fsp3) is 0.340. The standard InChI is InChI=1S/C12H15NO.2C11H15NO2S.C10H9NO.C10H12O2.C10H12OS.C9H10F3NO2S.C9H8N2.C8H7N.7CH4/c14-12(10-6-4-5-7-10)13-11-8-2-1-3-9-11;13-15(14,9-10-5-4-6-10)12-11-7-2-1-3-8-11;13-15(14,11-8-4-5-9-11)12-10-6-2-1-3-7-10;1-8-7-10(11-12-8)9-5-3-2-4-6-9;1-2-12-10(11)8-9-6-4-3-5-7-9;1-12(11,10-7-8-10)9-5-3-2-4-6-9;10-9(11,12)6-7-16(14,15)13-8-4-2-1-3-5-8;1-2-4-8(5-3-1)9-6-10-11-7-9;9-7-6-8-4-2-1-3-5-8;;;;;;;/h1-3,8-10H,4-7H2,(H,13,14);1-3,7-8,10,12H,4-6,9H2;1-3,6-7,11-12H,4-5,8-9H2;2-7H,1H3;3-7H,2,8H2,1H3;2-6,10H,1,7-8H2;1-5,13H,6-7H2;1-7H,(H,10,11);1-5H,6H2;7*1H4. The summed E-state index contributed by atoms with van der Waals surface area (Å²) in [5.74, 6) is 4.61. The van der Waals surface area contributed by atoms with Gasteiger partial charge in [0.15, 0.2) is 0 Å². The van der Waals surface area contributed by atoms with Crippen LogP contribution in [0.5, 0.6) is 0 Å². The van der Waals surface area contributed by atoms with Gasteiger partial charge in [0, 0.05) is 62.2 Å². The molecule has 2 heterocycles. The van der Waals surface area contributed by atoms with Gasteiger partial charge in [0.05, 0.1) is 54.9 Å². The lowest BCUT2D eigenvalue weighted by Crippen LogP contribution is -2.26. The molecule has 11 aromatic rings. The first-order valence-corrected chi connectivity index (χ1v) is 45.1. The number of nitrogens with one attached hydrogen (secondary N) is 5. The van der Waals surface area contributed by atoms with Gasteiger partial charge in [-0.15, -0.1) is 0 Å². The number of sulfonamides is 3. The second-order valence-electron chi connectivity index (χ2n) is 27.5. The molecule has 1 atom stereocenters. The van der Waals surface area contributed by atoms with Gasteiger partial charge in [-0.25, -0.2) is 25.3 Å². The number of anilines is 4. The van der Waals surface area contributed by atoms with E-state index >= 15 is 0 Å². The normalized spacial score (nSPS) is 13.3. The molecule has 0 bridgehead atoms. The molecule has 0 spiro atoms. The smallest absolute Gasteiger partial charge is 0.390 e. The van der Waals surface area contributed by atoms with E-state index in [1.54, 1.807) is 42.5 Å². The number of hydrogen-bond donors (Lipinski definition) is 5. The summed E-state index contributed by atoms with van der Waals surface area (Å²) >= 11 is 0. The Labute approximate surface area is 733 Å². The molecule has 9 aromatic carbocycles. The number of alkyl halides is 3. The van der Waals surface area contributed by atoms with Gasteiger partial charge in [0.25, 0.3) is 0 Å². The van der Waals surface area contributed by atoms with Crippen molar-refractivity contribution in [2.45, 2.75) is 190 Å². The molecule has 1 unspecified atom stereocenters. The molecule has 0 radical (unpaired) electrons. The number of carbonyl (C=O) groups excluding carboxylic acids is 2. The number of aromatic nitrogens is 3. The molecule has 4 aliphatic carbocycles. The number of rotatable bonds is 21. The number of benzene rings is 9. The molecule has 0 saturated heterocycles. The van der Waals surface area contributed by atoms with Crippen molar-refractivity contribution >= 4 is 80.1 Å². The molecule has 26 heteroatoms. The maximum Gasteiger partial charge on any atom is 0.390 e. The summed E-state index contributed by atoms with van der Waals surface area (Å²) in [6.07, 6.45) is 12.4. The van der Waals surface area contributed by atoms with E-state index in [0.717, 1.165) is 108 Å². The predicted molar refractivity (Wildman–Crippen MR) is 507 cm³/mol. The summed E-state index contributed by atoms with van der Waals surface area (Å²) in [6.45, 7) is 4.15. The number of esters is 1. The van der Waals surface area contributed by atoms with Gasteiger partial charge in [0.1, 0.15) is 11.5 Å². The highest BCUT2D eigenvalue weighted by Crippen LogP contribution is 2.34. The van der Waals surface area contributed by atoms with Crippen LogP contribution in [0.25, 0.3) is 22.4 Å². The summed E-state index contributed by atoms with van der Waals surface area (Å²) in [7, 11) is -12.2. The summed E-state index contributed by atoms with van der Waals surface area (Å²) < 4.78 is 134. The van der Waals surface area contributed by atoms with Gasteiger partial charge in [-0.3, -0.25) is 33.1 Å². The second kappa shape index (κ2) is 59.6. The molecule has 5 N–H and O–H groups in total. The van der Waals surface area contributed by atoms with Crippen molar-refractivity contribution in [3.8, 4) is 28.5 Å². The first-order chi connectivity index (χ1) is 55.8. The van der Waals surface area contributed by atoms with Crippen LogP contribution in [-0.2, 0) is 66.8 Å². The van der Waals surface area contributed by atoms with E-state index in [1.165, 1.54) is 37.0 Å². The largest absolute Gasteiger partial charge is 0.466 e. The molecule has 4 aliphatic rings. The maximum atomic E-state index is 12.0. The highest BCUT2D eigenvalue weighted by Gasteiger charge is 2.33. The third-order valence-corrected chi connectivity index (χ3v) is 25.3. The van der Waals surface area contributed by atoms with Crippen molar-refractivity contribution in [1.29, 1.82) is 5.26 Å². The molecule has 15 rings (SSSR count). The molecule has 19 nitrogen and oxygen atoms in total. The van der Waals surface area contributed by atoms with Crippen molar-refractivity contribution in [2.24, 2.45) is 11.8 Å². The van der Waals surface area contributed by atoms with Gasteiger partial charge < -0.3 is 14.6 Å². The lowest BCUT2D eigenvalue weighted by atomic mass is 9.87. The SMILES string of the molecule is C.C.C.C.C.C.C.C=S(=O)(c1ccccc1)C1CC1.CCOC(=O)Cc1ccccc1.Cc1cc(-c2ccccc2)no1.N#CCc1ccccc1.O=C(Nc1ccccc1)C1CCCC1.O=S(=O)(CC1CCC1)Nc1ccccc1.O=S(=O)(CCC(F)(F)F)Nc1ccccc1.O=S(=O)(Nc1ccccc1)C1CCCC1.c1ccc(-c2cn[nH]c2)cc1. The molecule has 1 amide bonds. The number of hydrogen-bond acceptors (Lipinski definition) is 14. The van der Waals surface area contributed by atoms with E-state index in [2.05, 4.69) is 58.9 Å². The quantitative estimate of drug-likeness (QED) is 0.0330. The molecular formula is C97H131F3N8O11S4. The van der Waals surface area contributed by atoms with Crippen molar-refractivity contribution in [3.63, 3.8) is 0 Å². The minimum Gasteiger partial charge on any atom is -0.466 e. The number of nitriles is 1. The number of halogens is 3. The van der Waals surface area contributed by atoms with E-state index in [-0.39, 0.29) is 86.5 Å². The molecule has 123 heavy (non-hydrogen) atoms. The number of aromatic amines is 1. The minimum absolute atomic E-state index is 0. The van der Waals surface area contributed by atoms with Crippen molar-refractivity contribution in [1.82, 2.24) is 15.4 Å². The van der Waals surface area contributed by atoms with Crippen LogP contribution in [0.3, 0.4) is 0 Å². The van der Waals surface area contributed by atoms with E-state index < -0.39 is 57.9 Å². The monoisotopic (exact) mass is 1770 g/mol. The second-order valence-corrected chi connectivity index (χ2v) is 35.7. The number of nitrogens with zero attached hydrogens (tertiary/aromatic N) is 3. The van der Waals surface area contributed by atoms with E-state index in [9.17, 15) is 52.2 Å². The molecule has 4 fully saturated rings. The van der Waals surface area contributed by atoms with Crippen LogP contribution in [0.15, 0.2) is 301 Å². The third kappa shape index (κ3) is 45.0. The molecule has 0 aliphatic heterocycles. The Morgan fingerprint density at radius 3 is 1.33 bits per heavy atom. The average Bonchev–Trinajstić information content (AvgIpc) is 1.65. The number of aryl methyl sites for hydroxylation is 1. The van der Waals surface area contributed by atoms with Crippen LogP contribution in [0.4, 0.5) is 35.9 Å². The van der Waals surface area contributed by atoms with Crippen LogP contribution in [0.1, 0.15) is 166 Å². The van der Waals surface area contributed by atoms with Crippen LogP contribution in [0.2, 0.25) is 0 Å². The number of carbonyl (C=O) groups is 2. The summed E-state index contributed by atoms with van der Waals surface area (Å²) in [5.41, 5.74) is 8.86. The zero-order chi connectivity index (χ0) is 83.3. The maximum absolute atomic E-state index is 12.0. The van der Waals surface area contributed by atoms with Gasteiger partial charge in [-0.2, -0.15) is 23.5 Å². The Bertz CT molecular complexity index is 5090. The Kier molecular flexibility index (Phi) is 54.2. The molecule has 670 valence electrons. The fourth-order valence-corrected chi connectivity index (χ4v) is 17.8. The molecule has 4 saturated carbocycles. The Hall–Kier alpha value is -11.1. The molecular weight excluding hydrogens is 1640 g/mol. The lowest BCUT2D eigenvalue weighted by molar-refractivity contribution is -0.142. The minimum atomic E-state index is -4.47. The van der Waals surface area contributed by atoms with E-state index in [1.807, 2.05) is 239 Å². The predicted octanol–water partition coefficient (Wildman–Crippen LogP) is 24.4. The van der Waals surface area contributed by atoms with Gasteiger partial charge in [0.2, 0.25) is 36.0 Å². The third-order valence-electron chi connectivity index (χ3n) is 18.1. The molecule has 2 aromatic heterocycles. The number of amides is 1. The van der Waals surface area contributed by atoms with Crippen LogP contribution in [0, 0.1) is 30.1 Å². The fourth-order valence-electron chi connectivity index (χ4n) is 11.7. The Morgan fingerprint density at radius 2 is 0.927 bits per heavy atom. The highest BCUT2D eigenvalue weighted by atomic mass is 32.2. The van der Waals surface area contributed by atoms with Crippen molar-refractivity contribution in [3.05, 3.63) is 308 Å². The van der Waals surface area contributed by atoms with Crippen molar-refractivity contribution in [2.75, 3.05) is 37.6 Å². The highest BCUT2D eigenvalue weighted by molar-refractivity contribution is 8.01. The van der Waals surface area contributed by atoms with Gasteiger partial charge >= 0.3 is 12.1 Å². The zero-order valence-electron chi connectivity index (χ0n) is 65.3. The van der Waals surface area contributed by atoms with E-state index in [0.29, 0.717) is 42.0 Å². The van der Waals surface area contributed by atoms with Gasteiger partial charge in [-0.05, 0) is 164 Å². The number of H-pyrrole nitrogens is 1. The summed E-state index contributed by atoms with van der Waals surface area (Å²) in [6, 6.07) is 88.6. The zero-order valence-corrected chi connectivity index (χ0v) is 68.5. The van der Waals surface area contributed by atoms with Crippen molar-refractivity contribution < 1.29 is 61.5 Å². The van der Waals surface area contributed by atoms with E-state index in [4.69, 9.17) is 14.5 Å².